The maximum Gasteiger partial charge on any atom is 0.291 e. The molecule has 3 heterocycles. The number of nitrogens with zero attached hydrogens (tertiary/aromatic N) is 4. The molecule has 0 spiro atoms. The summed E-state index contributed by atoms with van der Waals surface area (Å²) >= 11 is 4.70. The third-order valence-corrected chi connectivity index (χ3v) is 7.10. The molecule has 0 saturated heterocycles. The average molecular weight is 515 g/mol. The summed E-state index contributed by atoms with van der Waals surface area (Å²) in [7, 11) is 0. The lowest BCUT2D eigenvalue weighted by Crippen LogP contribution is -2.32. The SMILES string of the molecule is O=C1C(=c2sc3nc(-c4ccccc4)nn3c2=O)c2cc(Br)ccc2N1Cc1ccccc1. The number of benzene rings is 3. The van der Waals surface area contributed by atoms with Crippen molar-refractivity contribution in [3.63, 3.8) is 0 Å². The fourth-order valence-electron chi connectivity index (χ4n) is 4.04. The maximum atomic E-state index is 13.6. The number of rotatable bonds is 3. The zero-order chi connectivity index (χ0) is 22.5. The van der Waals surface area contributed by atoms with Crippen LogP contribution in [-0.4, -0.2) is 20.5 Å². The fourth-order valence-corrected chi connectivity index (χ4v) is 5.40. The Morgan fingerprint density at radius 2 is 1.64 bits per heavy atom. The fraction of sp³-hybridized carbons (Fsp3) is 0.0400. The quantitative estimate of drug-likeness (QED) is 0.364. The molecule has 0 aliphatic carbocycles. The van der Waals surface area contributed by atoms with Crippen LogP contribution in [0.4, 0.5) is 5.69 Å². The summed E-state index contributed by atoms with van der Waals surface area (Å²) in [5.74, 6) is 0.291. The molecule has 1 aliphatic rings. The van der Waals surface area contributed by atoms with Crippen molar-refractivity contribution in [1.82, 2.24) is 14.6 Å². The van der Waals surface area contributed by atoms with Crippen LogP contribution in [0.15, 0.2) is 88.1 Å². The minimum Gasteiger partial charge on any atom is -0.303 e. The van der Waals surface area contributed by atoms with Crippen molar-refractivity contribution in [3.8, 4) is 11.4 Å². The van der Waals surface area contributed by atoms with Crippen molar-refractivity contribution in [3.05, 3.63) is 109 Å². The molecule has 2 aromatic heterocycles. The second-order valence-electron chi connectivity index (χ2n) is 7.65. The molecule has 5 aromatic rings. The summed E-state index contributed by atoms with van der Waals surface area (Å²) in [5.41, 5.74) is 3.42. The Morgan fingerprint density at radius 3 is 2.36 bits per heavy atom. The molecular weight excluding hydrogens is 500 g/mol. The Kier molecular flexibility index (Phi) is 4.70. The Hall–Kier alpha value is -3.62. The summed E-state index contributed by atoms with van der Waals surface area (Å²) in [4.78, 5) is 33.7. The molecule has 0 unspecified atom stereocenters. The van der Waals surface area contributed by atoms with E-state index in [9.17, 15) is 9.59 Å². The van der Waals surface area contributed by atoms with Crippen LogP contribution < -0.4 is 15.0 Å². The van der Waals surface area contributed by atoms with E-state index in [1.807, 2.05) is 78.9 Å². The van der Waals surface area contributed by atoms with Crippen LogP contribution in [0.5, 0.6) is 0 Å². The molecule has 0 atom stereocenters. The van der Waals surface area contributed by atoms with Crippen LogP contribution in [0.2, 0.25) is 0 Å². The Bertz CT molecular complexity index is 1640. The maximum absolute atomic E-state index is 13.6. The van der Waals surface area contributed by atoms with Crippen molar-refractivity contribution in [1.29, 1.82) is 0 Å². The molecule has 8 heteroatoms. The number of aromatic nitrogens is 3. The first-order valence-corrected chi connectivity index (χ1v) is 11.9. The largest absolute Gasteiger partial charge is 0.303 e. The van der Waals surface area contributed by atoms with Gasteiger partial charge in [0.2, 0.25) is 4.96 Å². The predicted octanol–water partition coefficient (Wildman–Crippen LogP) is 4.05. The standard InChI is InChI=1S/C25H15BrN4O2S/c26-17-11-12-19-18(13-17)20(23(31)29(19)14-15-7-3-1-4-8-15)21-24(32)30-25(33-21)27-22(28-30)16-9-5-2-6-10-16/h1-13H,14H2. The second kappa shape index (κ2) is 7.75. The van der Waals surface area contributed by atoms with Gasteiger partial charge in [0.15, 0.2) is 5.82 Å². The topological polar surface area (TPSA) is 67.6 Å². The van der Waals surface area contributed by atoms with Crippen molar-refractivity contribution in [2.75, 3.05) is 4.90 Å². The van der Waals surface area contributed by atoms with E-state index in [-0.39, 0.29) is 11.5 Å². The zero-order valence-electron chi connectivity index (χ0n) is 17.1. The van der Waals surface area contributed by atoms with Crippen LogP contribution >= 0.6 is 27.3 Å². The number of hydrogen-bond acceptors (Lipinski definition) is 5. The predicted molar refractivity (Wildman–Crippen MR) is 132 cm³/mol. The first-order chi connectivity index (χ1) is 16.1. The first-order valence-electron chi connectivity index (χ1n) is 10.2. The molecule has 3 aromatic carbocycles. The van der Waals surface area contributed by atoms with Gasteiger partial charge in [0.1, 0.15) is 4.53 Å². The van der Waals surface area contributed by atoms with Crippen LogP contribution in [0.25, 0.3) is 21.9 Å². The van der Waals surface area contributed by atoms with Crippen LogP contribution in [0, 0.1) is 0 Å². The monoisotopic (exact) mass is 514 g/mol. The molecule has 1 aliphatic heterocycles. The van der Waals surface area contributed by atoms with Gasteiger partial charge in [0.05, 0.1) is 17.8 Å². The number of amides is 1. The van der Waals surface area contributed by atoms with Gasteiger partial charge in [0.25, 0.3) is 11.5 Å². The Balaban J connectivity index is 1.53. The molecule has 6 rings (SSSR count). The number of halogens is 1. The summed E-state index contributed by atoms with van der Waals surface area (Å²) < 4.78 is 2.48. The minimum absolute atomic E-state index is 0.197. The van der Waals surface area contributed by atoms with Crippen LogP contribution in [0.1, 0.15) is 11.1 Å². The molecule has 0 bridgehead atoms. The van der Waals surface area contributed by atoms with Crippen LogP contribution in [-0.2, 0) is 11.3 Å². The van der Waals surface area contributed by atoms with Gasteiger partial charge in [0, 0.05) is 15.6 Å². The number of thiazole rings is 1. The van der Waals surface area contributed by atoms with Crippen molar-refractivity contribution in [2.24, 2.45) is 0 Å². The van der Waals surface area contributed by atoms with Gasteiger partial charge in [-0.15, -0.1) is 5.10 Å². The van der Waals surface area contributed by atoms with E-state index in [1.165, 1.54) is 15.9 Å². The van der Waals surface area contributed by atoms with Gasteiger partial charge in [-0.25, -0.2) is 0 Å². The molecule has 0 saturated carbocycles. The third-order valence-electron chi connectivity index (χ3n) is 5.58. The summed E-state index contributed by atoms with van der Waals surface area (Å²) in [6.07, 6.45) is 0. The van der Waals surface area contributed by atoms with Gasteiger partial charge in [-0.1, -0.05) is 87.9 Å². The smallest absolute Gasteiger partial charge is 0.291 e. The van der Waals surface area contributed by atoms with Crippen molar-refractivity contribution in [2.45, 2.75) is 6.54 Å². The zero-order valence-corrected chi connectivity index (χ0v) is 19.5. The lowest BCUT2D eigenvalue weighted by Gasteiger charge is -2.17. The van der Waals surface area contributed by atoms with Gasteiger partial charge in [-0.3, -0.25) is 9.59 Å². The molecular formula is C25H15BrN4O2S. The number of carbonyl (C=O) groups is 1. The van der Waals surface area contributed by atoms with Crippen LogP contribution in [0.3, 0.4) is 0 Å². The summed E-state index contributed by atoms with van der Waals surface area (Å²) in [6, 6.07) is 25.0. The van der Waals surface area contributed by atoms with E-state index in [4.69, 9.17) is 0 Å². The molecule has 1 amide bonds. The number of carbonyl (C=O) groups excluding carboxylic acids is 1. The van der Waals surface area contributed by atoms with Gasteiger partial charge < -0.3 is 4.90 Å². The Morgan fingerprint density at radius 1 is 0.909 bits per heavy atom. The number of anilines is 1. The van der Waals surface area contributed by atoms with E-state index in [2.05, 4.69) is 26.0 Å². The first kappa shape index (κ1) is 20.0. The van der Waals surface area contributed by atoms with Gasteiger partial charge in [-0.05, 0) is 23.8 Å². The molecule has 160 valence electrons. The molecule has 0 N–H and O–H groups in total. The molecule has 0 fully saturated rings. The minimum atomic E-state index is -0.333. The van der Waals surface area contributed by atoms with E-state index >= 15 is 0 Å². The lowest BCUT2D eigenvalue weighted by molar-refractivity contribution is -0.113. The van der Waals surface area contributed by atoms with Gasteiger partial charge in [-0.2, -0.15) is 9.50 Å². The molecule has 6 nitrogen and oxygen atoms in total. The highest BCUT2D eigenvalue weighted by Crippen LogP contribution is 2.38. The third kappa shape index (κ3) is 3.30. The summed E-state index contributed by atoms with van der Waals surface area (Å²) in [5, 5.41) is 4.42. The highest BCUT2D eigenvalue weighted by atomic mass is 79.9. The Labute approximate surface area is 200 Å². The highest BCUT2D eigenvalue weighted by molar-refractivity contribution is 9.10. The van der Waals surface area contributed by atoms with E-state index in [1.54, 1.807) is 4.90 Å². The number of hydrogen-bond donors (Lipinski definition) is 0. The number of fused-ring (bicyclic) bond motifs is 2. The van der Waals surface area contributed by atoms with Crippen molar-refractivity contribution < 1.29 is 4.79 Å². The van der Waals surface area contributed by atoms with E-state index < -0.39 is 0 Å². The molecule has 33 heavy (non-hydrogen) atoms. The van der Waals surface area contributed by atoms with Gasteiger partial charge >= 0.3 is 0 Å². The van der Waals surface area contributed by atoms with E-state index in [0.29, 0.717) is 27.4 Å². The average Bonchev–Trinajstić information content (AvgIpc) is 3.46. The summed E-state index contributed by atoms with van der Waals surface area (Å²) in [6.45, 7) is 0.422. The second-order valence-corrected chi connectivity index (χ2v) is 9.54. The van der Waals surface area contributed by atoms with Crippen molar-refractivity contribution >= 4 is 49.4 Å². The normalized spacial score (nSPS) is 14.8. The lowest BCUT2D eigenvalue weighted by atomic mass is 10.1. The molecule has 0 radical (unpaired) electrons. The highest BCUT2D eigenvalue weighted by Gasteiger charge is 2.34. The van der Waals surface area contributed by atoms with E-state index in [0.717, 1.165) is 26.9 Å².